The van der Waals surface area contributed by atoms with Crippen molar-refractivity contribution in [1.82, 2.24) is 26.1 Å². The van der Waals surface area contributed by atoms with Gasteiger partial charge in [0.1, 0.15) is 24.7 Å². The lowest BCUT2D eigenvalue weighted by molar-refractivity contribution is -0.152. The van der Waals surface area contributed by atoms with Crippen molar-refractivity contribution < 1.29 is 33.8 Å². The Balaban J connectivity index is 1.70. The molecule has 0 radical (unpaired) electrons. The summed E-state index contributed by atoms with van der Waals surface area (Å²) in [5.41, 5.74) is 3.84. The highest BCUT2D eigenvalue weighted by Crippen LogP contribution is 2.28. The summed E-state index contributed by atoms with van der Waals surface area (Å²) < 4.78 is 8.58. The molecule has 2 heterocycles. The van der Waals surface area contributed by atoms with Crippen molar-refractivity contribution in [2.24, 2.45) is 11.3 Å². The molecule has 1 fully saturated rings. The number of esters is 1. The van der Waals surface area contributed by atoms with Crippen LogP contribution in [0.3, 0.4) is 0 Å². The van der Waals surface area contributed by atoms with Gasteiger partial charge in [0.25, 0.3) is 5.91 Å². The van der Waals surface area contributed by atoms with Crippen LogP contribution in [0, 0.1) is 11.3 Å². The summed E-state index contributed by atoms with van der Waals surface area (Å²) in [6.07, 6.45) is 4.13. The monoisotopic (exact) mass is 741 g/mol. The quantitative estimate of drug-likeness (QED) is 0.163. The highest BCUT2D eigenvalue weighted by Gasteiger charge is 2.37. The minimum Gasteiger partial charge on any atom is -0.460 e. The molecule has 1 aromatic heterocycles. The SMILES string of the molecule is COCCC(C)(C=Cc1ccc2ccc([C@@H](C)O)nc2c1)C(=O)N[C@H](C(=O)N[C@@H](C)C(=O)N1CCC[C@@H](C(=O)OCC(Cl)(Cl)Cl)N1)C(C)C. The number of alkyl halides is 3. The maximum absolute atomic E-state index is 13.8. The van der Waals surface area contributed by atoms with Crippen molar-refractivity contribution in [2.45, 2.75) is 81.9 Å². The zero-order chi connectivity index (χ0) is 36.5. The number of methoxy groups -OCH3 is 1. The minimum atomic E-state index is -1.77. The molecule has 49 heavy (non-hydrogen) atoms. The number of hydrogen-bond donors (Lipinski definition) is 4. The number of aliphatic hydroxyl groups is 1. The summed E-state index contributed by atoms with van der Waals surface area (Å²) >= 11 is 17.0. The zero-order valence-corrected chi connectivity index (χ0v) is 30.9. The van der Waals surface area contributed by atoms with Crippen LogP contribution in [-0.2, 0) is 28.7 Å². The van der Waals surface area contributed by atoms with Crippen LogP contribution in [0.4, 0.5) is 0 Å². The van der Waals surface area contributed by atoms with Crippen molar-refractivity contribution >= 4 is 75.5 Å². The van der Waals surface area contributed by atoms with E-state index in [9.17, 15) is 24.3 Å². The summed E-state index contributed by atoms with van der Waals surface area (Å²) in [7, 11) is 1.55. The number of pyridine rings is 1. The number of fused-ring (bicyclic) bond motifs is 1. The number of hydrogen-bond acceptors (Lipinski definition) is 9. The average Bonchev–Trinajstić information content (AvgIpc) is 3.06. The van der Waals surface area contributed by atoms with Gasteiger partial charge < -0.3 is 25.2 Å². The second-order valence-corrected chi connectivity index (χ2v) is 15.3. The van der Waals surface area contributed by atoms with Gasteiger partial charge in [-0.3, -0.25) is 29.2 Å². The molecule has 5 atom stereocenters. The number of carbonyl (C=O) groups is 4. The van der Waals surface area contributed by atoms with E-state index in [2.05, 4.69) is 21.0 Å². The summed E-state index contributed by atoms with van der Waals surface area (Å²) in [6, 6.07) is 6.61. The third kappa shape index (κ3) is 11.8. The van der Waals surface area contributed by atoms with Crippen LogP contribution in [0.2, 0.25) is 0 Å². The van der Waals surface area contributed by atoms with Gasteiger partial charge in [-0.15, -0.1) is 0 Å². The van der Waals surface area contributed by atoms with Crippen molar-refractivity contribution in [1.29, 1.82) is 0 Å². The smallest absolute Gasteiger partial charge is 0.325 e. The van der Waals surface area contributed by atoms with Crippen molar-refractivity contribution in [2.75, 3.05) is 26.9 Å². The van der Waals surface area contributed by atoms with Crippen LogP contribution in [0.5, 0.6) is 0 Å². The van der Waals surface area contributed by atoms with Crippen LogP contribution >= 0.6 is 34.8 Å². The number of hydrazine groups is 1. The van der Waals surface area contributed by atoms with E-state index in [0.717, 1.165) is 10.9 Å². The first-order valence-corrected chi connectivity index (χ1v) is 17.3. The Morgan fingerprint density at radius 3 is 2.45 bits per heavy atom. The number of aliphatic hydroxyl groups excluding tert-OH is 1. The summed E-state index contributed by atoms with van der Waals surface area (Å²) in [5.74, 6) is -2.39. The molecular formula is C34H46Cl3N5O7. The number of aromatic nitrogens is 1. The lowest BCUT2D eigenvalue weighted by Crippen LogP contribution is -2.61. The molecule has 3 rings (SSSR count). The molecule has 270 valence electrons. The molecule has 2 aromatic rings. The molecule has 1 aliphatic rings. The number of halogens is 3. The van der Waals surface area contributed by atoms with E-state index >= 15 is 0 Å². The molecule has 1 aromatic carbocycles. The van der Waals surface area contributed by atoms with Crippen molar-refractivity contribution in [3.8, 4) is 0 Å². The Morgan fingerprint density at radius 1 is 1.12 bits per heavy atom. The lowest BCUT2D eigenvalue weighted by atomic mass is 9.84. The Morgan fingerprint density at radius 2 is 1.82 bits per heavy atom. The second kappa shape index (κ2) is 17.8. The van der Waals surface area contributed by atoms with E-state index in [4.69, 9.17) is 44.3 Å². The fourth-order valence-corrected chi connectivity index (χ4v) is 5.33. The van der Waals surface area contributed by atoms with Crippen LogP contribution in [-0.4, -0.2) is 87.6 Å². The van der Waals surface area contributed by atoms with E-state index in [1.165, 1.54) is 11.9 Å². The molecule has 0 saturated carbocycles. The van der Waals surface area contributed by atoms with Gasteiger partial charge in [0, 0.05) is 25.6 Å². The highest BCUT2D eigenvalue weighted by molar-refractivity contribution is 6.67. The van der Waals surface area contributed by atoms with E-state index in [0.29, 0.717) is 37.0 Å². The average molecular weight is 743 g/mol. The number of nitrogens with zero attached hydrogens (tertiary/aromatic N) is 2. The molecule has 1 saturated heterocycles. The van der Waals surface area contributed by atoms with Gasteiger partial charge in [-0.1, -0.05) is 79.0 Å². The first kappa shape index (κ1) is 40.4. The Labute approximate surface area is 302 Å². The molecule has 1 unspecified atom stereocenters. The van der Waals surface area contributed by atoms with Gasteiger partial charge >= 0.3 is 5.97 Å². The van der Waals surface area contributed by atoms with Gasteiger partial charge in [-0.2, -0.15) is 0 Å². The topological polar surface area (TPSA) is 159 Å². The Hall–Kier alpha value is -3.00. The van der Waals surface area contributed by atoms with Gasteiger partial charge in [0.05, 0.1) is 22.7 Å². The predicted octanol–water partition coefficient (Wildman–Crippen LogP) is 4.40. The van der Waals surface area contributed by atoms with E-state index in [1.807, 2.05) is 30.3 Å². The molecule has 0 bridgehead atoms. The van der Waals surface area contributed by atoms with Gasteiger partial charge in [-0.25, -0.2) is 5.43 Å². The minimum absolute atomic E-state index is 0.289. The molecule has 3 amide bonds. The van der Waals surface area contributed by atoms with E-state index in [1.54, 1.807) is 46.9 Å². The molecule has 15 heteroatoms. The summed E-state index contributed by atoms with van der Waals surface area (Å²) in [4.78, 5) is 57.6. The van der Waals surface area contributed by atoms with Gasteiger partial charge in [0.15, 0.2) is 0 Å². The number of ether oxygens (including phenoxy) is 2. The van der Waals surface area contributed by atoms with Crippen molar-refractivity contribution in [3.05, 3.63) is 47.7 Å². The van der Waals surface area contributed by atoms with Gasteiger partial charge in [0.2, 0.25) is 15.6 Å². The second-order valence-electron chi connectivity index (χ2n) is 12.8. The molecule has 12 nitrogen and oxygen atoms in total. The normalized spacial score (nSPS) is 18.5. The standard InChI is InChI=1S/C34H46Cl3N5O7/c1-20(2)28(29(44)38-21(3)30(45)42-16-7-8-26(41-42)31(46)49-19-34(35,36)37)40-32(47)33(5,15-17-48-6)14-13-23-9-10-24-11-12-25(22(4)43)39-27(24)18-23/h9-14,18,20-22,26,28,41,43H,7-8,15-17,19H2,1-6H3,(H,38,44)(H,40,47)/t21-,22+,26-,28-,33?/m0/s1. The fourth-order valence-electron chi connectivity index (χ4n) is 5.16. The summed E-state index contributed by atoms with van der Waals surface area (Å²) in [5, 5.41) is 17.7. The van der Waals surface area contributed by atoms with Crippen molar-refractivity contribution in [3.63, 3.8) is 0 Å². The third-order valence-corrected chi connectivity index (χ3v) is 8.56. The molecule has 0 aliphatic carbocycles. The highest BCUT2D eigenvalue weighted by atomic mass is 35.6. The predicted molar refractivity (Wildman–Crippen MR) is 190 cm³/mol. The maximum atomic E-state index is 13.8. The van der Waals surface area contributed by atoms with Crippen LogP contribution in [0.1, 0.15) is 71.2 Å². The third-order valence-electron chi connectivity index (χ3n) is 8.23. The zero-order valence-electron chi connectivity index (χ0n) is 28.6. The molecule has 1 aliphatic heterocycles. The van der Waals surface area contributed by atoms with Crippen LogP contribution in [0.15, 0.2) is 36.4 Å². The number of nitrogens with one attached hydrogen (secondary N) is 3. The van der Waals surface area contributed by atoms with Crippen LogP contribution < -0.4 is 16.1 Å². The first-order valence-electron chi connectivity index (χ1n) is 16.1. The number of carbonyl (C=O) groups excluding carboxylic acids is 4. The van der Waals surface area contributed by atoms with Gasteiger partial charge in [-0.05, 0) is 63.6 Å². The molecular weight excluding hydrogens is 697 g/mol. The Kier molecular flexibility index (Phi) is 14.7. The largest absolute Gasteiger partial charge is 0.460 e. The lowest BCUT2D eigenvalue weighted by Gasteiger charge is -2.35. The first-order chi connectivity index (χ1) is 22.9. The fraction of sp³-hybridized carbons (Fsp3) is 0.559. The number of benzene rings is 1. The van der Waals surface area contributed by atoms with Crippen LogP contribution in [0.25, 0.3) is 17.0 Å². The van der Waals surface area contributed by atoms with E-state index in [-0.39, 0.29) is 12.5 Å². The number of rotatable bonds is 14. The maximum Gasteiger partial charge on any atom is 0.325 e. The molecule has 4 N–H and O–H groups in total. The van der Waals surface area contributed by atoms with E-state index < -0.39 is 63.7 Å². The number of amides is 3. The summed E-state index contributed by atoms with van der Waals surface area (Å²) in [6.45, 7) is 8.69. The Bertz CT molecular complexity index is 1520. The molecule has 0 spiro atoms.